The lowest BCUT2D eigenvalue weighted by molar-refractivity contribution is 0.0636. The van der Waals surface area contributed by atoms with Crippen LogP contribution in [0.1, 0.15) is 20.8 Å². The van der Waals surface area contributed by atoms with E-state index in [1.165, 1.54) is 18.2 Å². The van der Waals surface area contributed by atoms with Crippen LogP contribution in [0.5, 0.6) is 0 Å². The molecule has 4 nitrogen and oxygen atoms in total. The van der Waals surface area contributed by atoms with Gasteiger partial charge in [0, 0.05) is 5.69 Å². The summed E-state index contributed by atoms with van der Waals surface area (Å²) in [5.41, 5.74) is 5.16. The van der Waals surface area contributed by atoms with Crippen molar-refractivity contribution in [1.82, 2.24) is 0 Å². The van der Waals surface area contributed by atoms with Crippen LogP contribution in [-0.2, 0) is 4.74 Å². The summed E-state index contributed by atoms with van der Waals surface area (Å²) in [6, 6.07) is 3.93. The molecule has 0 saturated heterocycles. The summed E-state index contributed by atoms with van der Waals surface area (Å²) in [6.45, 7) is 5.27. The van der Waals surface area contributed by atoms with Crippen molar-refractivity contribution in [3.8, 4) is 0 Å². The van der Waals surface area contributed by atoms with Crippen molar-refractivity contribution >= 4 is 17.5 Å². The van der Waals surface area contributed by atoms with Crippen molar-refractivity contribution in [2.45, 2.75) is 26.4 Å². The van der Waals surface area contributed by atoms with Gasteiger partial charge in [-0.2, -0.15) is 0 Å². The van der Waals surface area contributed by atoms with Gasteiger partial charge in [0.2, 0.25) is 0 Å². The predicted octanol–water partition coefficient (Wildman–Crippen LogP) is 2.75. The standard InChI is InChI=1S/C11H15FN2O2/c1-11(2,3)16-10(15)14-7-4-5-8(12)9(13)6-7/h4-6H,13H2,1-3H3,(H,14,15). The number of hydrogen-bond donors (Lipinski definition) is 2. The third-order valence-corrected chi connectivity index (χ3v) is 1.64. The molecular formula is C11H15FN2O2. The van der Waals surface area contributed by atoms with Crippen LogP contribution < -0.4 is 11.1 Å². The van der Waals surface area contributed by atoms with Crippen LogP contribution in [0.4, 0.5) is 20.6 Å². The predicted molar refractivity (Wildman–Crippen MR) is 60.7 cm³/mol. The molecule has 5 heteroatoms. The van der Waals surface area contributed by atoms with E-state index in [1.54, 1.807) is 20.8 Å². The SMILES string of the molecule is CC(C)(C)OC(=O)Nc1ccc(F)c(N)c1. The van der Waals surface area contributed by atoms with Crippen molar-refractivity contribution < 1.29 is 13.9 Å². The fraction of sp³-hybridized carbons (Fsp3) is 0.364. The number of ether oxygens (including phenoxy) is 1. The minimum absolute atomic E-state index is 0.0199. The van der Waals surface area contributed by atoms with Crippen LogP contribution in [0.15, 0.2) is 18.2 Å². The lowest BCUT2D eigenvalue weighted by Crippen LogP contribution is -2.27. The summed E-state index contributed by atoms with van der Waals surface area (Å²) in [5.74, 6) is -0.519. The number of carbonyl (C=O) groups is 1. The van der Waals surface area contributed by atoms with E-state index in [4.69, 9.17) is 10.5 Å². The first-order valence-corrected chi connectivity index (χ1v) is 4.83. The lowest BCUT2D eigenvalue weighted by atomic mass is 10.2. The van der Waals surface area contributed by atoms with Gasteiger partial charge in [0.1, 0.15) is 11.4 Å². The zero-order chi connectivity index (χ0) is 12.3. The third kappa shape index (κ3) is 3.76. The van der Waals surface area contributed by atoms with Crippen LogP contribution in [0.3, 0.4) is 0 Å². The molecule has 0 aliphatic rings. The Morgan fingerprint density at radius 1 is 1.44 bits per heavy atom. The number of nitrogen functional groups attached to an aromatic ring is 1. The Morgan fingerprint density at radius 3 is 2.56 bits per heavy atom. The van der Waals surface area contributed by atoms with Gasteiger partial charge >= 0.3 is 6.09 Å². The highest BCUT2D eigenvalue weighted by Gasteiger charge is 2.16. The molecule has 1 aromatic rings. The minimum atomic E-state index is -0.599. The van der Waals surface area contributed by atoms with Crippen LogP contribution in [0.25, 0.3) is 0 Å². The Hall–Kier alpha value is -1.78. The van der Waals surface area contributed by atoms with Gasteiger partial charge in [-0.1, -0.05) is 0 Å². The molecule has 16 heavy (non-hydrogen) atoms. The van der Waals surface area contributed by atoms with Crippen molar-refractivity contribution in [2.24, 2.45) is 0 Å². The summed E-state index contributed by atoms with van der Waals surface area (Å²) in [7, 11) is 0. The second kappa shape index (κ2) is 4.38. The zero-order valence-electron chi connectivity index (χ0n) is 9.50. The number of nitrogens with one attached hydrogen (secondary N) is 1. The molecule has 0 heterocycles. The summed E-state index contributed by atoms with van der Waals surface area (Å²) < 4.78 is 17.9. The molecule has 0 radical (unpaired) electrons. The summed E-state index contributed by atoms with van der Waals surface area (Å²) in [4.78, 5) is 11.4. The molecule has 0 aliphatic carbocycles. The quantitative estimate of drug-likeness (QED) is 0.723. The molecule has 0 fully saturated rings. The molecule has 0 spiro atoms. The van der Waals surface area contributed by atoms with Gasteiger partial charge < -0.3 is 10.5 Å². The van der Waals surface area contributed by atoms with E-state index in [0.29, 0.717) is 5.69 Å². The van der Waals surface area contributed by atoms with E-state index in [0.717, 1.165) is 0 Å². The number of nitrogens with two attached hydrogens (primary N) is 1. The first-order valence-electron chi connectivity index (χ1n) is 4.83. The first-order chi connectivity index (χ1) is 7.28. The molecular weight excluding hydrogens is 211 g/mol. The molecule has 0 unspecified atom stereocenters. The molecule has 0 saturated carbocycles. The minimum Gasteiger partial charge on any atom is -0.444 e. The number of amides is 1. The Labute approximate surface area is 93.6 Å². The highest BCUT2D eigenvalue weighted by molar-refractivity contribution is 5.85. The molecule has 0 aliphatic heterocycles. The molecule has 1 rings (SSSR count). The first kappa shape index (κ1) is 12.3. The topological polar surface area (TPSA) is 64.3 Å². The molecule has 3 N–H and O–H groups in total. The smallest absolute Gasteiger partial charge is 0.412 e. The van der Waals surface area contributed by atoms with Crippen LogP contribution >= 0.6 is 0 Å². The average molecular weight is 226 g/mol. The Kier molecular flexibility index (Phi) is 3.37. The summed E-state index contributed by atoms with van der Waals surface area (Å²) >= 11 is 0. The van der Waals surface area contributed by atoms with Gasteiger partial charge in [0.25, 0.3) is 0 Å². The number of halogens is 1. The number of rotatable bonds is 1. The van der Waals surface area contributed by atoms with E-state index in [2.05, 4.69) is 5.32 Å². The third-order valence-electron chi connectivity index (χ3n) is 1.64. The highest BCUT2D eigenvalue weighted by atomic mass is 19.1. The Morgan fingerprint density at radius 2 is 2.06 bits per heavy atom. The van der Waals surface area contributed by atoms with Gasteiger partial charge in [-0.3, -0.25) is 5.32 Å². The largest absolute Gasteiger partial charge is 0.444 e. The van der Waals surface area contributed by atoms with E-state index >= 15 is 0 Å². The van der Waals surface area contributed by atoms with Crippen LogP contribution in [0, 0.1) is 5.82 Å². The van der Waals surface area contributed by atoms with E-state index < -0.39 is 17.5 Å². The van der Waals surface area contributed by atoms with E-state index in [9.17, 15) is 9.18 Å². The van der Waals surface area contributed by atoms with Crippen molar-refractivity contribution in [1.29, 1.82) is 0 Å². The highest BCUT2D eigenvalue weighted by Crippen LogP contribution is 2.17. The zero-order valence-corrected chi connectivity index (χ0v) is 9.50. The van der Waals surface area contributed by atoms with Crippen LogP contribution in [0.2, 0.25) is 0 Å². The van der Waals surface area contributed by atoms with Gasteiger partial charge in [-0.25, -0.2) is 9.18 Å². The van der Waals surface area contributed by atoms with Crippen molar-refractivity contribution in [3.05, 3.63) is 24.0 Å². The lowest BCUT2D eigenvalue weighted by Gasteiger charge is -2.19. The number of hydrogen-bond acceptors (Lipinski definition) is 3. The molecule has 0 atom stereocenters. The Bertz CT molecular complexity index is 399. The monoisotopic (exact) mass is 226 g/mol. The van der Waals surface area contributed by atoms with Gasteiger partial charge in [-0.15, -0.1) is 0 Å². The second-order valence-corrected chi connectivity index (χ2v) is 4.36. The normalized spacial score (nSPS) is 11.0. The molecule has 88 valence electrons. The second-order valence-electron chi connectivity index (χ2n) is 4.36. The number of benzene rings is 1. The maximum atomic E-state index is 12.8. The number of carbonyl (C=O) groups excluding carboxylic acids is 1. The van der Waals surface area contributed by atoms with Gasteiger partial charge in [0.05, 0.1) is 5.69 Å². The van der Waals surface area contributed by atoms with Gasteiger partial charge in [-0.05, 0) is 39.0 Å². The molecule has 0 aromatic heterocycles. The summed E-state index contributed by atoms with van der Waals surface area (Å²) in [6.07, 6.45) is -0.599. The fourth-order valence-corrected chi connectivity index (χ4v) is 1.04. The Balaban J connectivity index is 2.67. The van der Waals surface area contributed by atoms with E-state index in [1.807, 2.05) is 0 Å². The maximum absolute atomic E-state index is 12.8. The molecule has 1 amide bonds. The number of anilines is 2. The fourth-order valence-electron chi connectivity index (χ4n) is 1.04. The van der Waals surface area contributed by atoms with Gasteiger partial charge in [0.15, 0.2) is 0 Å². The molecule has 1 aromatic carbocycles. The average Bonchev–Trinajstić information content (AvgIpc) is 2.08. The molecule has 0 bridgehead atoms. The van der Waals surface area contributed by atoms with Crippen molar-refractivity contribution in [3.63, 3.8) is 0 Å². The van der Waals surface area contributed by atoms with E-state index in [-0.39, 0.29) is 5.69 Å². The van der Waals surface area contributed by atoms with Crippen molar-refractivity contribution in [2.75, 3.05) is 11.1 Å². The maximum Gasteiger partial charge on any atom is 0.412 e. The summed E-state index contributed by atoms with van der Waals surface area (Å²) in [5, 5.41) is 2.46. The van der Waals surface area contributed by atoms with Crippen LogP contribution in [-0.4, -0.2) is 11.7 Å².